The van der Waals surface area contributed by atoms with E-state index in [4.69, 9.17) is 0 Å². The van der Waals surface area contributed by atoms with Crippen LogP contribution in [0.2, 0.25) is 0 Å². The zero-order chi connectivity index (χ0) is 8.27. The van der Waals surface area contributed by atoms with Crippen LogP contribution in [0.25, 0.3) is 0 Å². The van der Waals surface area contributed by atoms with Crippen LogP contribution < -0.4 is 10.7 Å². The van der Waals surface area contributed by atoms with E-state index in [0.717, 1.165) is 4.68 Å². The van der Waals surface area contributed by atoms with E-state index in [9.17, 15) is 14.7 Å². The summed E-state index contributed by atoms with van der Waals surface area (Å²) in [5.41, 5.74) is -0.448. The number of hydrogen-bond donors (Lipinski definition) is 0. The highest BCUT2D eigenvalue weighted by atomic mass is 16.4. The third-order valence-corrected chi connectivity index (χ3v) is 1.06. The molecule has 5 nitrogen and oxygen atoms in total. The van der Waals surface area contributed by atoms with Crippen LogP contribution in [0, 0.1) is 0 Å². The number of carboxylic acids is 1. The minimum atomic E-state index is -1.33. The van der Waals surface area contributed by atoms with Gasteiger partial charge in [0.25, 0.3) is 5.56 Å². The molecule has 1 aromatic rings. The topological polar surface area (TPSA) is 75.0 Å². The van der Waals surface area contributed by atoms with Crippen molar-refractivity contribution in [2.45, 2.75) is 6.54 Å². The maximum absolute atomic E-state index is 10.8. The van der Waals surface area contributed by atoms with Crippen LogP contribution in [-0.4, -0.2) is 15.7 Å². The molecule has 0 N–H and O–H groups in total. The van der Waals surface area contributed by atoms with E-state index < -0.39 is 18.1 Å². The molecule has 0 spiro atoms. The summed E-state index contributed by atoms with van der Waals surface area (Å²) in [6.07, 6.45) is 1.34. The lowest BCUT2D eigenvalue weighted by Crippen LogP contribution is -2.33. The Morgan fingerprint density at radius 1 is 1.73 bits per heavy atom. The van der Waals surface area contributed by atoms with Gasteiger partial charge in [0.05, 0.1) is 12.5 Å². The van der Waals surface area contributed by atoms with Crippen LogP contribution in [0.5, 0.6) is 0 Å². The summed E-state index contributed by atoms with van der Waals surface area (Å²) in [5, 5.41) is 13.5. The molecular formula is C6H5N2O3-. The highest BCUT2D eigenvalue weighted by Crippen LogP contribution is 1.73. The van der Waals surface area contributed by atoms with Crippen LogP contribution in [-0.2, 0) is 11.3 Å². The van der Waals surface area contributed by atoms with Gasteiger partial charge in [0, 0.05) is 12.3 Å². The molecule has 0 aliphatic rings. The molecule has 0 amide bonds. The number of nitrogens with zero attached hydrogens (tertiary/aromatic N) is 2. The van der Waals surface area contributed by atoms with Gasteiger partial charge in [0.1, 0.15) is 0 Å². The van der Waals surface area contributed by atoms with Gasteiger partial charge in [0.15, 0.2) is 0 Å². The Balaban J connectivity index is 2.95. The molecule has 0 bridgehead atoms. The predicted octanol–water partition coefficient (Wildman–Crippen LogP) is -2.01. The first kappa shape index (κ1) is 7.46. The molecule has 58 valence electrons. The van der Waals surface area contributed by atoms with E-state index in [1.807, 2.05) is 0 Å². The highest BCUT2D eigenvalue weighted by molar-refractivity contribution is 5.63. The minimum absolute atomic E-state index is 0.448. The fourth-order valence-corrected chi connectivity index (χ4v) is 0.628. The van der Waals surface area contributed by atoms with Crippen molar-refractivity contribution in [3.8, 4) is 0 Å². The zero-order valence-corrected chi connectivity index (χ0v) is 5.56. The number of aromatic nitrogens is 2. The number of carboxylic acid groups (broad SMARTS) is 1. The quantitative estimate of drug-likeness (QED) is 0.492. The Morgan fingerprint density at radius 2 is 2.45 bits per heavy atom. The van der Waals surface area contributed by atoms with Crippen LogP contribution in [0.4, 0.5) is 0 Å². The van der Waals surface area contributed by atoms with E-state index in [1.54, 1.807) is 0 Å². The standard InChI is InChI=1S/C6H6N2O3/c9-5-2-1-3-7-8(5)4-6(10)11/h1-3H,4H2,(H,10,11)/p-1. The average molecular weight is 153 g/mol. The number of hydrogen-bond acceptors (Lipinski definition) is 4. The van der Waals surface area contributed by atoms with Gasteiger partial charge in [-0.05, 0) is 6.07 Å². The zero-order valence-electron chi connectivity index (χ0n) is 5.56. The van der Waals surface area contributed by atoms with Gasteiger partial charge >= 0.3 is 0 Å². The molecule has 1 aromatic heterocycles. The van der Waals surface area contributed by atoms with Crippen LogP contribution in [0.15, 0.2) is 23.1 Å². The molecule has 0 aromatic carbocycles. The maximum Gasteiger partial charge on any atom is 0.267 e. The second-order valence-corrected chi connectivity index (χ2v) is 1.89. The number of carbonyl (C=O) groups is 1. The van der Waals surface area contributed by atoms with E-state index in [-0.39, 0.29) is 0 Å². The van der Waals surface area contributed by atoms with Crippen molar-refractivity contribution >= 4 is 5.97 Å². The highest BCUT2D eigenvalue weighted by Gasteiger charge is 1.93. The van der Waals surface area contributed by atoms with Crippen molar-refractivity contribution in [2.75, 3.05) is 0 Å². The van der Waals surface area contributed by atoms with Gasteiger partial charge in [-0.1, -0.05) is 0 Å². The number of carbonyl (C=O) groups excluding carboxylic acids is 1. The SMILES string of the molecule is O=C([O-])Cn1ncccc1=O. The molecule has 0 radical (unpaired) electrons. The third-order valence-electron chi connectivity index (χ3n) is 1.06. The summed E-state index contributed by atoms with van der Waals surface area (Å²) in [4.78, 5) is 20.8. The summed E-state index contributed by atoms with van der Waals surface area (Å²) >= 11 is 0. The fourth-order valence-electron chi connectivity index (χ4n) is 0.628. The second kappa shape index (κ2) is 2.96. The molecule has 0 aliphatic heterocycles. The summed E-state index contributed by atoms with van der Waals surface area (Å²) in [7, 11) is 0. The minimum Gasteiger partial charge on any atom is -0.548 e. The van der Waals surface area contributed by atoms with Crippen molar-refractivity contribution in [3.63, 3.8) is 0 Å². The summed E-state index contributed by atoms with van der Waals surface area (Å²) in [6, 6.07) is 2.67. The Hall–Kier alpha value is -1.65. The normalized spacial score (nSPS) is 9.45. The fraction of sp³-hybridized carbons (Fsp3) is 0.167. The summed E-state index contributed by atoms with van der Waals surface area (Å²) in [5.74, 6) is -1.33. The van der Waals surface area contributed by atoms with E-state index >= 15 is 0 Å². The Morgan fingerprint density at radius 3 is 3.00 bits per heavy atom. The van der Waals surface area contributed by atoms with Crippen molar-refractivity contribution in [1.29, 1.82) is 0 Å². The lowest BCUT2D eigenvalue weighted by Gasteiger charge is -2.02. The lowest BCUT2D eigenvalue weighted by molar-refractivity contribution is -0.306. The van der Waals surface area contributed by atoms with E-state index in [2.05, 4.69) is 5.10 Å². The van der Waals surface area contributed by atoms with E-state index in [1.165, 1.54) is 18.3 Å². The van der Waals surface area contributed by atoms with Crippen LogP contribution in [0.1, 0.15) is 0 Å². The Labute approximate surface area is 61.9 Å². The number of aliphatic carboxylic acids is 1. The van der Waals surface area contributed by atoms with Crippen molar-refractivity contribution < 1.29 is 9.90 Å². The molecule has 5 heteroatoms. The first-order valence-electron chi connectivity index (χ1n) is 2.92. The summed E-state index contributed by atoms with van der Waals surface area (Å²) in [6.45, 7) is -0.500. The first-order chi connectivity index (χ1) is 5.20. The average Bonchev–Trinajstić information content (AvgIpc) is 1.93. The molecule has 0 unspecified atom stereocenters. The molecule has 0 fully saturated rings. The van der Waals surface area contributed by atoms with Crippen LogP contribution in [0.3, 0.4) is 0 Å². The summed E-state index contributed by atoms with van der Waals surface area (Å²) < 4.78 is 0.815. The molecular weight excluding hydrogens is 148 g/mol. The molecule has 1 rings (SSSR count). The second-order valence-electron chi connectivity index (χ2n) is 1.89. The van der Waals surface area contributed by atoms with Crippen molar-refractivity contribution in [1.82, 2.24) is 9.78 Å². The maximum atomic E-state index is 10.8. The lowest BCUT2D eigenvalue weighted by atomic mass is 10.5. The molecule has 0 aliphatic carbocycles. The smallest absolute Gasteiger partial charge is 0.267 e. The molecule has 0 saturated carbocycles. The van der Waals surface area contributed by atoms with Gasteiger partial charge in [-0.2, -0.15) is 5.10 Å². The van der Waals surface area contributed by atoms with Gasteiger partial charge in [-0.25, -0.2) is 4.68 Å². The van der Waals surface area contributed by atoms with Gasteiger partial charge < -0.3 is 9.90 Å². The Kier molecular flexibility index (Phi) is 2.00. The predicted molar refractivity (Wildman–Crippen MR) is 33.5 cm³/mol. The van der Waals surface area contributed by atoms with Crippen molar-refractivity contribution in [3.05, 3.63) is 28.7 Å². The molecule has 1 heterocycles. The first-order valence-corrected chi connectivity index (χ1v) is 2.92. The van der Waals surface area contributed by atoms with Gasteiger partial charge in [0.2, 0.25) is 0 Å². The molecule has 11 heavy (non-hydrogen) atoms. The van der Waals surface area contributed by atoms with Gasteiger partial charge in [-0.3, -0.25) is 4.79 Å². The van der Waals surface area contributed by atoms with Gasteiger partial charge in [-0.15, -0.1) is 0 Å². The van der Waals surface area contributed by atoms with Crippen molar-refractivity contribution in [2.24, 2.45) is 0 Å². The molecule has 0 atom stereocenters. The third kappa shape index (κ3) is 1.89. The Bertz CT molecular complexity index is 318. The molecule has 0 saturated heterocycles. The largest absolute Gasteiger partial charge is 0.548 e. The number of rotatable bonds is 2. The van der Waals surface area contributed by atoms with Crippen LogP contribution >= 0.6 is 0 Å². The monoisotopic (exact) mass is 153 g/mol. The van der Waals surface area contributed by atoms with E-state index in [0.29, 0.717) is 0 Å².